The van der Waals surface area contributed by atoms with Crippen molar-refractivity contribution in [3.63, 3.8) is 0 Å². The number of amides is 1. The van der Waals surface area contributed by atoms with Gasteiger partial charge >= 0.3 is 0 Å². The Morgan fingerprint density at radius 1 is 1.47 bits per heavy atom. The molecule has 1 aliphatic rings. The fraction of sp³-hybridized carbons (Fsp3) is 0.500. The predicted molar refractivity (Wildman–Crippen MR) is 70.3 cm³/mol. The molecule has 5 nitrogen and oxygen atoms in total. The number of phenols is 2. The summed E-state index contributed by atoms with van der Waals surface area (Å²) < 4.78 is 5.55. The number of ether oxygens (including phenoxy) is 1. The van der Waals surface area contributed by atoms with Gasteiger partial charge in [-0.3, -0.25) is 4.79 Å². The minimum absolute atomic E-state index is 0.00505. The fourth-order valence-electron chi connectivity index (χ4n) is 2.29. The van der Waals surface area contributed by atoms with Gasteiger partial charge in [0.15, 0.2) is 11.5 Å². The number of phenolic OH excluding ortho intramolecular Hbond substituents is 2. The Morgan fingerprint density at radius 3 is 2.89 bits per heavy atom. The van der Waals surface area contributed by atoms with Crippen molar-refractivity contribution in [1.29, 1.82) is 0 Å². The van der Waals surface area contributed by atoms with Gasteiger partial charge in [0.25, 0.3) is 5.91 Å². The van der Waals surface area contributed by atoms with Gasteiger partial charge in [0.2, 0.25) is 0 Å². The molecule has 1 aromatic rings. The van der Waals surface area contributed by atoms with Gasteiger partial charge in [-0.2, -0.15) is 0 Å². The van der Waals surface area contributed by atoms with Crippen LogP contribution in [-0.2, 0) is 4.74 Å². The summed E-state index contributed by atoms with van der Waals surface area (Å²) in [6.07, 6.45) is 0.768. The third-order valence-corrected chi connectivity index (χ3v) is 3.44. The average molecular weight is 265 g/mol. The lowest BCUT2D eigenvalue weighted by molar-refractivity contribution is -0.0444. The molecule has 19 heavy (non-hydrogen) atoms. The molecule has 5 heteroatoms. The summed E-state index contributed by atoms with van der Waals surface area (Å²) >= 11 is 0. The summed E-state index contributed by atoms with van der Waals surface area (Å²) in [7, 11) is 0. The first-order valence-corrected chi connectivity index (χ1v) is 6.48. The summed E-state index contributed by atoms with van der Waals surface area (Å²) in [4.78, 5) is 14.2. The Balaban J connectivity index is 2.28. The Kier molecular flexibility index (Phi) is 3.95. The van der Waals surface area contributed by atoms with Crippen molar-refractivity contribution in [3.8, 4) is 11.5 Å². The van der Waals surface area contributed by atoms with Crippen LogP contribution in [-0.4, -0.2) is 46.3 Å². The summed E-state index contributed by atoms with van der Waals surface area (Å²) in [5.74, 6) is -0.905. The van der Waals surface area contributed by atoms with Crippen molar-refractivity contribution in [2.75, 3.05) is 13.2 Å². The van der Waals surface area contributed by atoms with Crippen molar-refractivity contribution < 1.29 is 19.7 Å². The van der Waals surface area contributed by atoms with E-state index in [1.165, 1.54) is 12.1 Å². The van der Waals surface area contributed by atoms with Gasteiger partial charge in [-0.05, 0) is 25.5 Å². The normalized spacial score (nSPS) is 23.4. The molecule has 1 amide bonds. The van der Waals surface area contributed by atoms with Crippen LogP contribution in [0.4, 0.5) is 0 Å². The molecule has 1 heterocycles. The number of carbonyl (C=O) groups excluding carboxylic acids is 1. The van der Waals surface area contributed by atoms with Gasteiger partial charge in [0, 0.05) is 6.54 Å². The van der Waals surface area contributed by atoms with E-state index in [9.17, 15) is 15.0 Å². The minimum Gasteiger partial charge on any atom is -0.504 e. The summed E-state index contributed by atoms with van der Waals surface area (Å²) in [5, 5.41) is 19.3. The molecular formula is C14H19NO4. The molecule has 0 saturated carbocycles. The van der Waals surface area contributed by atoms with E-state index in [0.717, 1.165) is 6.42 Å². The highest BCUT2D eigenvalue weighted by Gasteiger charge is 2.31. The first-order valence-electron chi connectivity index (χ1n) is 6.48. The maximum absolute atomic E-state index is 12.5. The lowest BCUT2D eigenvalue weighted by atomic mass is 10.1. The molecule has 1 saturated heterocycles. The van der Waals surface area contributed by atoms with Crippen molar-refractivity contribution >= 4 is 5.91 Å². The van der Waals surface area contributed by atoms with Crippen LogP contribution in [0.5, 0.6) is 11.5 Å². The molecule has 0 radical (unpaired) electrons. The molecule has 2 unspecified atom stereocenters. The molecule has 0 aliphatic carbocycles. The van der Waals surface area contributed by atoms with Crippen LogP contribution in [0.25, 0.3) is 0 Å². The zero-order valence-corrected chi connectivity index (χ0v) is 11.2. The zero-order chi connectivity index (χ0) is 14.0. The van der Waals surface area contributed by atoms with Crippen LogP contribution >= 0.6 is 0 Å². The maximum atomic E-state index is 12.5. The molecule has 0 aromatic heterocycles. The number of benzene rings is 1. The van der Waals surface area contributed by atoms with Gasteiger partial charge < -0.3 is 19.8 Å². The number of carbonyl (C=O) groups is 1. The highest BCUT2D eigenvalue weighted by Crippen LogP contribution is 2.30. The van der Waals surface area contributed by atoms with Crippen LogP contribution in [0.1, 0.15) is 30.6 Å². The van der Waals surface area contributed by atoms with Crippen LogP contribution in [0.15, 0.2) is 18.2 Å². The average Bonchev–Trinajstić information content (AvgIpc) is 2.41. The Labute approximate surface area is 112 Å². The van der Waals surface area contributed by atoms with E-state index in [2.05, 4.69) is 0 Å². The lowest BCUT2D eigenvalue weighted by Crippen LogP contribution is -2.51. The summed E-state index contributed by atoms with van der Waals surface area (Å²) in [6.45, 7) is 4.90. The Hall–Kier alpha value is -1.75. The number of aromatic hydroxyl groups is 2. The lowest BCUT2D eigenvalue weighted by Gasteiger charge is -2.38. The summed E-state index contributed by atoms with van der Waals surface area (Å²) in [6, 6.07) is 4.42. The van der Waals surface area contributed by atoms with Crippen molar-refractivity contribution in [2.24, 2.45) is 0 Å². The number of nitrogens with zero attached hydrogens (tertiary/aromatic N) is 1. The van der Waals surface area contributed by atoms with Crippen molar-refractivity contribution in [1.82, 2.24) is 4.90 Å². The monoisotopic (exact) mass is 265 g/mol. The molecule has 0 spiro atoms. The molecule has 2 rings (SSSR count). The first-order chi connectivity index (χ1) is 9.04. The Morgan fingerprint density at radius 2 is 2.21 bits per heavy atom. The topological polar surface area (TPSA) is 70.0 Å². The van der Waals surface area contributed by atoms with Gasteiger partial charge in [-0.15, -0.1) is 0 Å². The van der Waals surface area contributed by atoms with E-state index in [4.69, 9.17) is 4.74 Å². The van der Waals surface area contributed by atoms with Gasteiger partial charge in [-0.1, -0.05) is 13.0 Å². The van der Waals surface area contributed by atoms with E-state index >= 15 is 0 Å². The maximum Gasteiger partial charge on any atom is 0.258 e. The van der Waals surface area contributed by atoms with E-state index in [1.54, 1.807) is 11.0 Å². The number of hydrogen-bond acceptors (Lipinski definition) is 4. The van der Waals surface area contributed by atoms with Crippen molar-refractivity contribution in [2.45, 2.75) is 32.4 Å². The van der Waals surface area contributed by atoms with E-state index < -0.39 is 0 Å². The molecule has 1 aliphatic heterocycles. The number of rotatable bonds is 2. The zero-order valence-electron chi connectivity index (χ0n) is 11.2. The van der Waals surface area contributed by atoms with Crippen LogP contribution in [0.2, 0.25) is 0 Å². The SMILES string of the molecule is CCC1COC(C)CN1C(=O)c1cccc(O)c1O. The molecule has 2 N–H and O–H groups in total. The van der Waals surface area contributed by atoms with E-state index in [0.29, 0.717) is 13.2 Å². The minimum atomic E-state index is -0.360. The molecule has 104 valence electrons. The second-order valence-electron chi connectivity index (χ2n) is 4.84. The largest absolute Gasteiger partial charge is 0.504 e. The fourth-order valence-corrected chi connectivity index (χ4v) is 2.29. The highest BCUT2D eigenvalue weighted by atomic mass is 16.5. The third kappa shape index (κ3) is 2.66. The van der Waals surface area contributed by atoms with Crippen molar-refractivity contribution in [3.05, 3.63) is 23.8 Å². The molecule has 1 aromatic carbocycles. The highest BCUT2D eigenvalue weighted by molar-refractivity contribution is 5.97. The number of morpholine rings is 1. The summed E-state index contributed by atoms with van der Waals surface area (Å²) in [5.41, 5.74) is 0.132. The second kappa shape index (κ2) is 5.48. The second-order valence-corrected chi connectivity index (χ2v) is 4.84. The van der Waals surface area contributed by atoms with Gasteiger partial charge in [0.1, 0.15) is 0 Å². The Bertz CT molecular complexity index is 475. The third-order valence-electron chi connectivity index (χ3n) is 3.44. The molecule has 1 fully saturated rings. The number of para-hydroxylation sites is 1. The van der Waals surface area contributed by atoms with Crippen LogP contribution in [0.3, 0.4) is 0 Å². The van der Waals surface area contributed by atoms with Gasteiger partial charge in [0.05, 0.1) is 24.3 Å². The molecular weight excluding hydrogens is 246 g/mol. The smallest absolute Gasteiger partial charge is 0.258 e. The van der Waals surface area contributed by atoms with Crippen LogP contribution < -0.4 is 0 Å². The predicted octanol–water partition coefficient (Wildman–Crippen LogP) is 1.74. The van der Waals surface area contributed by atoms with E-state index in [-0.39, 0.29) is 35.1 Å². The van der Waals surface area contributed by atoms with Crippen LogP contribution in [0, 0.1) is 0 Å². The number of hydrogen-bond donors (Lipinski definition) is 2. The first kappa shape index (κ1) is 13.7. The van der Waals surface area contributed by atoms with E-state index in [1.807, 2.05) is 13.8 Å². The quantitative estimate of drug-likeness (QED) is 0.799. The molecule has 2 atom stereocenters. The molecule has 0 bridgehead atoms. The van der Waals surface area contributed by atoms with Gasteiger partial charge in [-0.25, -0.2) is 0 Å². The standard InChI is InChI=1S/C14H19NO4/c1-3-10-8-19-9(2)7-15(10)14(18)11-5-4-6-12(16)13(11)17/h4-6,9-10,16-17H,3,7-8H2,1-2H3.